The first-order valence-electron chi connectivity index (χ1n) is 10.5. The Morgan fingerprint density at radius 2 is 1.71 bits per heavy atom. The highest BCUT2D eigenvalue weighted by molar-refractivity contribution is 5.83. The molecule has 3 rings (SSSR count). The molecule has 1 aliphatic rings. The number of rotatable bonds is 9. The number of aromatic hydroxyl groups is 1. The molecule has 2 aromatic carbocycles. The zero-order valence-electron chi connectivity index (χ0n) is 16.6. The molecule has 1 aliphatic carbocycles. The lowest BCUT2D eigenvalue weighted by Crippen LogP contribution is -2.48. The molecule has 28 heavy (non-hydrogen) atoms. The first-order chi connectivity index (χ1) is 13.7. The zero-order valence-corrected chi connectivity index (χ0v) is 16.6. The topological polar surface area (TPSA) is 61.4 Å². The molecular formula is C24H32N2O2. The summed E-state index contributed by atoms with van der Waals surface area (Å²) in [7, 11) is 0. The first kappa shape index (κ1) is 20.4. The van der Waals surface area contributed by atoms with Crippen molar-refractivity contribution in [3.05, 3.63) is 65.7 Å². The lowest BCUT2D eigenvalue weighted by atomic mass is 9.73. The molecule has 0 spiro atoms. The van der Waals surface area contributed by atoms with Gasteiger partial charge in [0.05, 0.1) is 5.41 Å². The van der Waals surface area contributed by atoms with Gasteiger partial charge in [0.25, 0.3) is 0 Å². The predicted molar refractivity (Wildman–Crippen MR) is 113 cm³/mol. The summed E-state index contributed by atoms with van der Waals surface area (Å²) >= 11 is 0. The number of aryl methyl sites for hydroxylation is 1. The Hall–Kier alpha value is -2.33. The third-order valence-corrected chi connectivity index (χ3v) is 5.77. The molecule has 2 aromatic rings. The van der Waals surface area contributed by atoms with Gasteiger partial charge < -0.3 is 15.7 Å². The van der Waals surface area contributed by atoms with Gasteiger partial charge in [0.2, 0.25) is 5.91 Å². The second-order valence-corrected chi connectivity index (χ2v) is 7.96. The molecular weight excluding hydrogens is 348 g/mol. The average Bonchev–Trinajstić information content (AvgIpc) is 2.72. The van der Waals surface area contributed by atoms with Crippen LogP contribution in [0.3, 0.4) is 0 Å². The maximum absolute atomic E-state index is 13.0. The molecule has 0 atom stereocenters. The van der Waals surface area contributed by atoms with Gasteiger partial charge >= 0.3 is 0 Å². The standard InChI is InChI=1S/C24H32N2O2/c27-22-13-7-11-21(17-22)18-25-19-24(14-5-2-6-15-24)23(28)26-16-8-12-20-9-3-1-4-10-20/h1,3-4,7,9-11,13,17,25,27H,2,5-6,8,12,14-16,18-19H2,(H,26,28). The average molecular weight is 381 g/mol. The van der Waals surface area contributed by atoms with Gasteiger partial charge in [0.15, 0.2) is 0 Å². The lowest BCUT2D eigenvalue weighted by molar-refractivity contribution is -0.132. The zero-order chi connectivity index (χ0) is 19.7. The lowest BCUT2D eigenvalue weighted by Gasteiger charge is -2.36. The van der Waals surface area contributed by atoms with Crippen LogP contribution in [-0.4, -0.2) is 24.1 Å². The fourth-order valence-electron chi connectivity index (χ4n) is 4.15. The van der Waals surface area contributed by atoms with E-state index in [2.05, 4.69) is 34.9 Å². The number of carbonyl (C=O) groups excluding carboxylic acids is 1. The summed E-state index contributed by atoms with van der Waals surface area (Å²) in [5.41, 5.74) is 2.05. The summed E-state index contributed by atoms with van der Waals surface area (Å²) in [6.45, 7) is 2.08. The molecule has 1 fully saturated rings. The van der Waals surface area contributed by atoms with Crippen LogP contribution in [0.5, 0.6) is 5.75 Å². The number of phenols is 1. The SMILES string of the molecule is O=C(NCCCc1ccccc1)C1(CNCc2cccc(O)c2)CCCCC1. The normalized spacial score (nSPS) is 15.9. The van der Waals surface area contributed by atoms with E-state index in [4.69, 9.17) is 0 Å². The van der Waals surface area contributed by atoms with Crippen molar-refractivity contribution < 1.29 is 9.90 Å². The van der Waals surface area contributed by atoms with E-state index in [0.717, 1.165) is 50.6 Å². The Kier molecular flexibility index (Phi) is 7.49. The molecule has 0 aliphatic heterocycles. The van der Waals surface area contributed by atoms with Crippen LogP contribution in [0.4, 0.5) is 0 Å². The number of hydrogen-bond donors (Lipinski definition) is 3. The van der Waals surface area contributed by atoms with Crippen molar-refractivity contribution in [2.24, 2.45) is 5.41 Å². The highest BCUT2D eigenvalue weighted by Crippen LogP contribution is 2.36. The van der Waals surface area contributed by atoms with E-state index in [1.807, 2.05) is 18.2 Å². The van der Waals surface area contributed by atoms with Crippen LogP contribution in [-0.2, 0) is 17.8 Å². The van der Waals surface area contributed by atoms with E-state index < -0.39 is 0 Å². The Morgan fingerprint density at radius 3 is 2.46 bits per heavy atom. The van der Waals surface area contributed by atoms with Gasteiger partial charge in [-0.2, -0.15) is 0 Å². The summed E-state index contributed by atoms with van der Waals surface area (Å²) in [6, 6.07) is 17.7. The highest BCUT2D eigenvalue weighted by atomic mass is 16.3. The molecule has 1 saturated carbocycles. The van der Waals surface area contributed by atoms with Crippen molar-refractivity contribution in [2.45, 2.75) is 51.5 Å². The van der Waals surface area contributed by atoms with E-state index in [1.54, 1.807) is 12.1 Å². The van der Waals surface area contributed by atoms with Gasteiger partial charge in [-0.15, -0.1) is 0 Å². The third kappa shape index (κ3) is 5.83. The molecule has 0 radical (unpaired) electrons. The maximum Gasteiger partial charge on any atom is 0.227 e. The van der Waals surface area contributed by atoms with Crippen molar-refractivity contribution in [1.82, 2.24) is 10.6 Å². The number of nitrogens with one attached hydrogen (secondary N) is 2. The first-order valence-corrected chi connectivity index (χ1v) is 10.5. The molecule has 3 N–H and O–H groups in total. The van der Waals surface area contributed by atoms with Crippen molar-refractivity contribution >= 4 is 5.91 Å². The van der Waals surface area contributed by atoms with Gasteiger partial charge in [-0.05, 0) is 48.9 Å². The van der Waals surface area contributed by atoms with E-state index in [1.165, 1.54) is 12.0 Å². The van der Waals surface area contributed by atoms with Crippen molar-refractivity contribution in [3.8, 4) is 5.75 Å². The van der Waals surface area contributed by atoms with Gasteiger partial charge in [0, 0.05) is 19.6 Å². The monoisotopic (exact) mass is 380 g/mol. The summed E-state index contributed by atoms with van der Waals surface area (Å²) in [5, 5.41) is 16.3. The fourth-order valence-corrected chi connectivity index (χ4v) is 4.15. The van der Waals surface area contributed by atoms with Crippen LogP contribution in [0.25, 0.3) is 0 Å². The van der Waals surface area contributed by atoms with Gasteiger partial charge in [-0.25, -0.2) is 0 Å². The van der Waals surface area contributed by atoms with Gasteiger partial charge in [0.1, 0.15) is 5.75 Å². The summed E-state index contributed by atoms with van der Waals surface area (Å²) < 4.78 is 0. The van der Waals surface area contributed by atoms with Crippen molar-refractivity contribution in [2.75, 3.05) is 13.1 Å². The molecule has 4 nitrogen and oxygen atoms in total. The number of amides is 1. The van der Waals surface area contributed by atoms with Crippen LogP contribution in [0, 0.1) is 5.41 Å². The van der Waals surface area contributed by atoms with Crippen molar-refractivity contribution in [3.63, 3.8) is 0 Å². The minimum atomic E-state index is -0.304. The van der Waals surface area contributed by atoms with E-state index in [0.29, 0.717) is 13.1 Å². The second kappa shape index (κ2) is 10.3. The molecule has 0 saturated heterocycles. The van der Waals surface area contributed by atoms with Crippen LogP contribution >= 0.6 is 0 Å². The summed E-state index contributed by atoms with van der Waals surface area (Å²) in [6.07, 6.45) is 7.30. The molecule has 0 unspecified atom stereocenters. The number of benzene rings is 2. The van der Waals surface area contributed by atoms with Gasteiger partial charge in [-0.1, -0.05) is 61.7 Å². The molecule has 1 amide bonds. The minimum Gasteiger partial charge on any atom is -0.508 e. The number of carbonyl (C=O) groups is 1. The smallest absolute Gasteiger partial charge is 0.227 e. The largest absolute Gasteiger partial charge is 0.508 e. The van der Waals surface area contributed by atoms with E-state index >= 15 is 0 Å². The van der Waals surface area contributed by atoms with Crippen molar-refractivity contribution in [1.29, 1.82) is 0 Å². The number of hydrogen-bond acceptors (Lipinski definition) is 3. The molecule has 4 heteroatoms. The van der Waals surface area contributed by atoms with E-state index in [9.17, 15) is 9.90 Å². The van der Waals surface area contributed by atoms with E-state index in [-0.39, 0.29) is 17.1 Å². The second-order valence-electron chi connectivity index (χ2n) is 7.96. The Balaban J connectivity index is 1.49. The molecule has 0 aromatic heterocycles. The van der Waals surface area contributed by atoms with Crippen LogP contribution in [0.15, 0.2) is 54.6 Å². The summed E-state index contributed by atoms with van der Waals surface area (Å²) in [4.78, 5) is 13.0. The van der Waals surface area contributed by atoms with Crippen LogP contribution in [0.2, 0.25) is 0 Å². The number of phenolic OH excluding ortho intramolecular Hbond substituents is 1. The Morgan fingerprint density at radius 1 is 0.964 bits per heavy atom. The summed E-state index contributed by atoms with van der Waals surface area (Å²) in [5.74, 6) is 0.478. The molecule has 150 valence electrons. The fraction of sp³-hybridized carbons (Fsp3) is 0.458. The third-order valence-electron chi connectivity index (χ3n) is 5.77. The van der Waals surface area contributed by atoms with Gasteiger partial charge in [-0.3, -0.25) is 4.79 Å². The highest BCUT2D eigenvalue weighted by Gasteiger charge is 2.38. The Labute approximate surface area is 168 Å². The molecule has 0 heterocycles. The Bertz CT molecular complexity index is 739. The van der Waals surface area contributed by atoms with Crippen LogP contribution < -0.4 is 10.6 Å². The predicted octanol–water partition coefficient (Wildman–Crippen LogP) is 4.18. The molecule has 0 bridgehead atoms. The maximum atomic E-state index is 13.0. The van der Waals surface area contributed by atoms with Crippen LogP contribution in [0.1, 0.15) is 49.7 Å². The quantitative estimate of drug-likeness (QED) is 0.572. The minimum absolute atomic E-state index is 0.198.